The Labute approximate surface area is 109 Å². The maximum atomic E-state index is 11.0. The SMILES string of the molecule is [O-]N(P)c1ccc(NCNc2ccccc2)cc1. The topological polar surface area (TPSA) is 50.4 Å². The van der Waals surface area contributed by atoms with Gasteiger partial charge in [0.15, 0.2) is 0 Å². The van der Waals surface area contributed by atoms with Gasteiger partial charge in [0.05, 0.1) is 6.67 Å². The molecular formula is C13H15N3OP-. The number of benzene rings is 2. The van der Waals surface area contributed by atoms with Crippen molar-refractivity contribution in [2.45, 2.75) is 0 Å². The highest BCUT2D eigenvalue weighted by Gasteiger charge is 1.93. The summed E-state index contributed by atoms with van der Waals surface area (Å²) in [6.45, 7) is 0.630. The highest BCUT2D eigenvalue weighted by atomic mass is 31.0. The van der Waals surface area contributed by atoms with Crippen molar-refractivity contribution in [3.05, 3.63) is 59.8 Å². The third kappa shape index (κ3) is 3.62. The van der Waals surface area contributed by atoms with Crippen molar-refractivity contribution in [1.29, 1.82) is 0 Å². The zero-order valence-corrected chi connectivity index (χ0v) is 11.0. The molecule has 0 aliphatic heterocycles. The molecular weight excluding hydrogens is 245 g/mol. The van der Waals surface area contributed by atoms with Crippen LogP contribution in [0.3, 0.4) is 0 Å². The van der Waals surface area contributed by atoms with E-state index >= 15 is 0 Å². The summed E-state index contributed by atoms with van der Waals surface area (Å²) >= 11 is 0. The first-order valence-electron chi connectivity index (χ1n) is 5.60. The van der Waals surface area contributed by atoms with Crippen LogP contribution in [0.2, 0.25) is 0 Å². The summed E-state index contributed by atoms with van der Waals surface area (Å²) in [4.78, 5) is 0.756. The lowest BCUT2D eigenvalue weighted by molar-refractivity contribution is 1.22. The van der Waals surface area contributed by atoms with E-state index in [-0.39, 0.29) is 0 Å². The molecule has 0 aliphatic rings. The molecule has 2 aromatic carbocycles. The van der Waals surface area contributed by atoms with Gasteiger partial charge >= 0.3 is 0 Å². The summed E-state index contributed by atoms with van der Waals surface area (Å²) in [5.74, 6) is 0. The Bertz CT molecular complexity index is 473. The molecule has 0 spiro atoms. The molecule has 4 nitrogen and oxygen atoms in total. The van der Waals surface area contributed by atoms with E-state index < -0.39 is 0 Å². The average Bonchev–Trinajstić information content (AvgIpc) is 2.40. The zero-order valence-electron chi connectivity index (χ0n) is 9.84. The minimum Gasteiger partial charge on any atom is -0.755 e. The van der Waals surface area contributed by atoms with Crippen molar-refractivity contribution in [2.24, 2.45) is 0 Å². The minimum absolute atomic E-state index is 0.613. The Hall–Kier alpha value is -1.77. The summed E-state index contributed by atoms with van der Waals surface area (Å²) < 4.78 is 0. The van der Waals surface area contributed by atoms with Gasteiger partial charge in [-0.25, -0.2) is 0 Å². The molecule has 0 radical (unpaired) electrons. The average molecular weight is 260 g/mol. The van der Waals surface area contributed by atoms with E-state index in [1.165, 1.54) is 0 Å². The largest absolute Gasteiger partial charge is 0.755 e. The number of para-hydroxylation sites is 1. The van der Waals surface area contributed by atoms with Gasteiger partial charge in [-0.3, -0.25) is 0 Å². The van der Waals surface area contributed by atoms with Crippen LogP contribution < -0.4 is 15.5 Å². The van der Waals surface area contributed by atoms with Gasteiger partial charge < -0.3 is 20.7 Å². The molecule has 0 saturated heterocycles. The molecule has 5 heteroatoms. The van der Waals surface area contributed by atoms with Gasteiger partial charge in [-0.1, -0.05) is 27.6 Å². The molecule has 0 fully saturated rings. The van der Waals surface area contributed by atoms with Crippen LogP contribution >= 0.6 is 9.39 Å². The predicted molar refractivity (Wildman–Crippen MR) is 80.6 cm³/mol. The second-order valence-electron chi connectivity index (χ2n) is 3.77. The van der Waals surface area contributed by atoms with E-state index in [1.807, 2.05) is 42.5 Å². The summed E-state index contributed by atoms with van der Waals surface area (Å²) in [5, 5.41) is 17.5. The number of hydrogen-bond acceptors (Lipinski definition) is 4. The fourth-order valence-corrected chi connectivity index (χ4v) is 1.70. The molecule has 0 bridgehead atoms. The van der Waals surface area contributed by atoms with Crippen molar-refractivity contribution in [3.8, 4) is 0 Å². The maximum Gasteiger partial charge on any atom is 0.0849 e. The summed E-state index contributed by atoms with van der Waals surface area (Å²) in [7, 11) is 2.09. The first kappa shape index (κ1) is 12.7. The van der Waals surface area contributed by atoms with Crippen LogP contribution in [0.1, 0.15) is 0 Å². The van der Waals surface area contributed by atoms with Crippen LogP contribution in [0.5, 0.6) is 0 Å². The van der Waals surface area contributed by atoms with Gasteiger partial charge in [0.1, 0.15) is 0 Å². The Morgan fingerprint density at radius 1 is 0.889 bits per heavy atom. The Morgan fingerprint density at radius 2 is 1.44 bits per heavy atom. The molecule has 94 valence electrons. The number of hydrogen-bond donors (Lipinski definition) is 2. The van der Waals surface area contributed by atoms with Crippen LogP contribution in [-0.2, 0) is 0 Å². The lowest BCUT2D eigenvalue weighted by atomic mass is 10.3. The third-order valence-corrected chi connectivity index (χ3v) is 2.78. The maximum absolute atomic E-state index is 11.0. The standard InChI is InChI=1S/C13H15N3OP/c17-16(18)13-8-6-12(7-9-13)15-10-14-11-4-2-1-3-5-11/h1-9,14-15H,10,18H2/q-1. The van der Waals surface area contributed by atoms with Crippen LogP contribution in [0.4, 0.5) is 17.1 Å². The van der Waals surface area contributed by atoms with Crippen molar-refractivity contribution in [2.75, 3.05) is 22.1 Å². The Kier molecular flexibility index (Phi) is 4.40. The van der Waals surface area contributed by atoms with Gasteiger partial charge in [0.2, 0.25) is 0 Å². The lowest BCUT2D eigenvalue weighted by Crippen LogP contribution is -2.11. The smallest absolute Gasteiger partial charge is 0.0849 e. The molecule has 2 rings (SSSR count). The number of nitrogens with zero attached hydrogens (tertiary/aromatic N) is 1. The van der Waals surface area contributed by atoms with Crippen LogP contribution in [0.25, 0.3) is 0 Å². The predicted octanol–water partition coefficient (Wildman–Crippen LogP) is 3.26. The zero-order chi connectivity index (χ0) is 12.8. The van der Waals surface area contributed by atoms with Gasteiger partial charge in [-0.15, -0.1) is 0 Å². The molecule has 0 amide bonds. The highest BCUT2D eigenvalue weighted by Crippen LogP contribution is 2.19. The quantitative estimate of drug-likeness (QED) is 0.492. The second kappa shape index (κ2) is 6.24. The molecule has 0 heterocycles. The lowest BCUT2D eigenvalue weighted by Gasteiger charge is -2.24. The van der Waals surface area contributed by atoms with Gasteiger partial charge in [0, 0.05) is 17.1 Å². The molecule has 0 aromatic heterocycles. The first-order chi connectivity index (χ1) is 8.75. The Balaban J connectivity index is 1.83. The van der Waals surface area contributed by atoms with Crippen molar-refractivity contribution in [3.63, 3.8) is 0 Å². The van der Waals surface area contributed by atoms with Crippen LogP contribution in [0, 0.1) is 5.21 Å². The van der Waals surface area contributed by atoms with Crippen molar-refractivity contribution >= 4 is 26.5 Å². The van der Waals surface area contributed by atoms with E-state index in [0.29, 0.717) is 12.4 Å². The van der Waals surface area contributed by atoms with E-state index in [1.54, 1.807) is 12.1 Å². The van der Waals surface area contributed by atoms with Crippen molar-refractivity contribution in [1.82, 2.24) is 0 Å². The van der Waals surface area contributed by atoms with Gasteiger partial charge in [0.25, 0.3) is 0 Å². The summed E-state index contributed by atoms with van der Waals surface area (Å²) in [6.07, 6.45) is 0. The highest BCUT2D eigenvalue weighted by molar-refractivity contribution is 7.19. The molecule has 1 unspecified atom stereocenters. The minimum atomic E-state index is 0.613. The van der Waals surface area contributed by atoms with E-state index in [9.17, 15) is 5.21 Å². The van der Waals surface area contributed by atoms with Crippen molar-refractivity contribution < 1.29 is 0 Å². The van der Waals surface area contributed by atoms with E-state index in [4.69, 9.17) is 0 Å². The molecule has 18 heavy (non-hydrogen) atoms. The van der Waals surface area contributed by atoms with E-state index in [0.717, 1.165) is 16.2 Å². The van der Waals surface area contributed by atoms with Gasteiger partial charge in [-0.05, 0) is 36.4 Å². The van der Waals surface area contributed by atoms with E-state index in [2.05, 4.69) is 20.0 Å². The fraction of sp³-hybridized carbons (Fsp3) is 0.0769. The monoisotopic (exact) mass is 260 g/mol. The number of anilines is 3. The molecule has 0 aliphatic carbocycles. The third-order valence-electron chi connectivity index (χ3n) is 2.48. The normalized spacial score (nSPS) is 9.89. The Morgan fingerprint density at radius 3 is 2.00 bits per heavy atom. The summed E-state index contributed by atoms with van der Waals surface area (Å²) in [6, 6.07) is 17.2. The first-order valence-corrected chi connectivity index (χ1v) is 6.12. The number of rotatable bonds is 5. The van der Waals surface area contributed by atoms with Gasteiger partial charge in [-0.2, -0.15) is 0 Å². The summed E-state index contributed by atoms with van der Waals surface area (Å²) in [5.41, 5.74) is 2.65. The molecule has 2 aromatic rings. The van der Waals surface area contributed by atoms with Crippen LogP contribution in [-0.4, -0.2) is 6.67 Å². The fourth-order valence-electron chi connectivity index (χ4n) is 1.53. The molecule has 2 N–H and O–H groups in total. The van der Waals surface area contributed by atoms with Crippen LogP contribution in [0.15, 0.2) is 54.6 Å². The number of nitrogens with one attached hydrogen (secondary N) is 2. The second-order valence-corrected chi connectivity index (χ2v) is 4.24. The molecule has 0 saturated carbocycles. The molecule has 1 atom stereocenters.